The molecule has 92 valence electrons. The quantitative estimate of drug-likeness (QED) is 0.530. The third kappa shape index (κ3) is 3.34. The van der Waals surface area contributed by atoms with E-state index in [0.717, 1.165) is 21.3 Å². The Morgan fingerprint density at radius 3 is 2.67 bits per heavy atom. The van der Waals surface area contributed by atoms with E-state index in [2.05, 4.69) is 21.1 Å². The Kier molecular flexibility index (Phi) is 4.36. The molecular weight excluding hydrogens is 294 g/mol. The Labute approximate surface area is 114 Å². The third-order valence-electron chi connectivity index (χ3n) is 2.41. The molecule has 0 atom stereocenters. The largest absolute Gasteiger partial charge is 0.489 e. The van der Waals surface area contributed by atoms with Crippen LogP contribution in [0.1, 0.15) is 11.1 Å². The highest BCUT2D eigenvalue weighted by atomic mass is 79.9. The highest BCUT2D eigenvalue weighted by molar-refractivity contribution is 9.10. The smallest absolute Gasteiger partial charge is 0.120 e. The molecule has 0 saturated carbocycles. The van der Waals surface area contributed by atoms with E-state index in [1.165, 1.54) is 6.21 Å². The van der Waals surface area contributed by atoms with Crippen LogP contribution < -0.4 is 4.74 Å². The molecule has 0 unspecified atom stereocenters. The normalized spacial score (nSPS) is 10.7. The average Bonchev–Trinajstić information content (AvgIpc) is 2.41. The molecule has 18 heavy (non-hydrogen) atoms. The van der Waals surface area contributed by atoms with Gasteiger partial charge < -0.3 is 9.94 Å². The molecule has 4 heteroatoms. The first kappa shape index (κ1) is 12.6. The molecule has 0 bridgehead atoms. The first-order chi connectivity index (χ1) is 8.79. The van der Waals surface area contributed by atoms with Gasteiger partial charge in [0.25, 0.3) is 0 Å². The molecule has 0 fully saturated rings. The molecule has 0 spiro atoms. The van der Waals surface area contributed by atoms with Gasteiger partial charge in [-0.2, -0.15) is 0 Å². The maximum absolute atomic E-state index is 8.55. The summed E-state index contributed by atoms with van der Waals surface area (Å²) < 4.78 is 6.52. The minimum atomic E-state index is 0.512. The second-order valence-corrected chi connectivity index (χ2v) is 4.56. The van der Waals surface area contributed by atoms with E-state index in [-0.39, 0.29) is 0 Å². The van der Waals surface area contributed by atoms with Crippen molar-refractivity contribution in [1.82, 2.24) is 0 Å². The van der Waals surface area contributed by atoms with Gasteiger partial charge in [-0.3, -0.25) is 0 Å². The summed E-state index contributed by atoms with van der Waals surface area (Å²) in [5, 5.41) is 11.6. The lowest BCUT2D eigenvalue weighted by Gasteiger charge is -2.07. The minimum absolute atomic E-state index is 0.512. The molecule has 2 aromatic carbocycles. The van der Waals surface area contributed by atoms with Crippen LogP contribution in [0.3, 0.4) is 0 Å². The molecule has 2 aromatic rings. The van der Waals surface area contributed by atoms with Crippen molar-refractivity contribution in [2.45, 2.75) is 6.61 Å². The van der Waals surface area contributed by atoms with Gasteiger partial charge in [0.2, 0.25) is 0 Å². The maximum atomic E-state index is 8.55. The fourth-order valence-corrected chi connectivity index (χ4v) is 1.86. The number of nitrogens with zero attached hydrogens (tertiary/aromatic N) is 1. The standard InChI is InChI=1S/C14H12BrNO2/c15-14-7-6-13(8-12(14)9-16-17)18-10-11-4-2-1-3-5-11/h1-9,17H,10H2. The highest BCUT2D eigenvalue weighted by Gasteiger charge is 2.01. The fraction of sp³-hybridized carbons (Fsp3) is 0.0714. The van der Waals surface area contributed by atoms with Crippen molar-refractivity contribution >= 4 is 22.1 Å². The zero-order chi connectivity index (χ0) is 12.8. The summed E-state index contributed by atoms with van der Waals surface area (Å²) in [7, 11) is 0. The number of oxime groups is 1. The summed E-state index contributed by atoms with van der Waals surface area (Å²) >= 11 is 3.37. The van der Waals surface area contributed by atoms with E-state index in [1.807, 2.05) is 48.5 Å². The Morgan fingerprint density at radius 1 is 1.17 bits per heavy atom. The molecule has 0 aromatic heterocycles. The van der Waals surface area contributed by atoms with Crippen LogP contribution in [0.25, 0.3) is 0 Å². The molecule has 1 N–H and O–H groups in total. The second-order valence-electron chi connectivity index (χ2n) is 3.70. The lowest BCUT2D eigenvalue weighted by atomic mass is 10.2. The second kappa shape index (κ2) is 6.21. The van der Waals surface area contributed by atoms with Gasteiger partial charge in [0.05, 0.1) is 6.21 Å². The van der Waals surface area contributed by atoms with Crippen LogP contribution in [0, 0.1) is 0 Å². The molecule has 3 nitrogen and oxygen atoms in total. The molecule has 0 aliphatic carbocycles. The SMILES string of the molecule is ON=Cc1cc(OCc2ccccc2)ccc1Br. The van der Waals surface area contributed by atoms with E-state index in [1.54, 1.807) is 0 Å². The number of rotatable bonds is 4. The van der Waals surface area contributed by atoms with E-state index >= 15 is 0 Å². The molecule has 0 heterocycles. The molecular formula is C14H12BrNO2. The number of benzene rings is 2. The number of hydrogen-bond acceptors (Lipinski definition) is 3. The summed E-state index contributed by atoms with van der Waals surface area (Å²) in [6.07, 6.45) is 1.36. The summed E-state index contributed by atoms with van der Waals surface area (Å²) in [5.74, 6) is 0.733. The monoisotopic (exact) mass is 305 g/mol. The third-order valence-corrected chi connectivity index (χ3v) is 3.13. The zero-order valence-corrected chi connectivity index (χ0v) is 11.2. The predicted molar refractivity (Wildman–Crippen MR) is 74.3 cm³/mol. The van der Waals surface area contributed by atoms with Crippen molar-refractivity contribution in [1.29, 1.82) is 0 Å². The van der Waals surface area contributed by atoms with Crippen molar-refractivity contribution in [3.05, 3.63) is 64.1 Å². The molecule has 0 amide bonds. The van der Waals surface area contributed by atoms with Crippen molar-refractivity contribution < 1.29 is 9.94 Å². The lowest BCUT2D eigenvalue weighted by molar-refractivity contribution is 0.306. The number of hydrogen-bond donors (Lipinski definition) is 1. The van der Waals surface area contributed by atoms with Crippen molar-refractivity contribution in [3.8, 4) is 5.75 Å². The average molecular weight is 306 g/mol. The van der Waals surface area contributed by atoms with Gasteiger partial charge in [0.1, 0.15) is 12.4 Å². The van der Waals surface area contributed by atoms with Crippen LogP contribution in [0.15, 0.2) is 58.2 Å². The van der Waals surface area contributed by atoms with E-state index in [0.29, 0.717) is 6.61 Å². The van der Waals surface area contributed by atoms with E-state index in [9.17, 15) is 0 Å². The Balaban J connectivity index is 2.08. The van der Waals surface area contributed by atoms with Gasteiger partial charge in [0.15, 0.2) is 0 Å². The van der Waals surface area contributed by atoms with Crippen LogP contribution >= 0.6 is 15.9 Å². The number of ether oxygens (including phenoxy) is 1. The lowest BCUT2D eigenvalue weighted by Crippen LogP contribution is -1.96. The van der Waals surface area contributed by atoms with Crippen molar-refractivity contribution in [3.63, 3.8) is 0 Å². The summed E-state index contributed by atoms with van der Waals surface area (Å²) in [6, 6.07) is 15.5. The first-order valence-electron chi connectivity index (χ1n) is 5.43. The van der Waals surface area contributed by atoms with Crippen molar-refractivity contribution in [2.75, 3.05) is 0 Å². The Bertz CT molecular complexity index is 541. The summed E-state index contributed by atoms with van der Waals surface area (Å²) in [5.41, 5.74) is 1.88. The molecule has 0 aliphatic heterocycles. The zero-order valence-electron chi connectivity index (χ0n) is 9.58. The van der Waals surface area contributed by atoms with Crippen LogP contribution in [0.4, 0.5) is 0 Å². The van der Waals surface area contributed by atoms with Gasteiger partial charge in [-0.15, -0.1) is 0 Å². The van der Waals surface area contributed by atoms with Gasteiger partial charge >= 0.3 is 0 Å². The Hall–Kier alpha value is -1.81. The summed E-state index contributed by atoms with van der Waals surface area (Å²) in [6.45, 7) is 0.512. The molecule has 2 rings (SSSR count). The van der Waals surface area contributed by atoms with Crippen molar-refractivity contribution in [2.24, 2.45) is 5.16 Å². The Morgan fingerprint density at radius 2 is 1.94 bits per heavy atom. The van der Waals surface area contributed by atoms with Crippen LogP contribution in [0.2, 0.25) is 0 Å². The van der Waals surface area contributed by atoms with Crippen LogP contribution in [-0.4, -0.2) is 11.4 Å². The van der Waals surface area contributed by atoms with Crippen LogP contribution in [0.5, 0.6) is 5.75 Å². The van der Waals surface area contributed by atoms with Gasteiger partial charge in [-0.1, -0.05) is 51.4 Å². The highest BCUT2D eigenvalue weighted by Crippen LogP contribution is 2.22. The fourth-order valence-electron chi connectivity index (χ4n) is 1.51. The predicted octanol–water partition coefficient (Wildman–Crippen LogP) is 3.84. The molecule has 0 radical (unpaired) electrons. The summed E-state index contributed by atoms with van der Waals surface area (Å²) in [4.78, 5) is 0. The van der Waals surface area contributed by atoms with Gasteiger partial charge in [0, 0.05) is 10.0 Å². The number of halogens is 1. The maximum Gasteiger partial charge on any atom is 0.120 e. The molecule has 0 saturated heterocycles. The topological polar surface area (TPSA) is 41.8 Å². The minimum Gasteiger partial charge on any atom is -0.489 e. The van der Waals surface area contributed by atoms with E-state index in [4.69, 9.17) is 9.94 Å². The molecule has 0 aliphatic rings. The first-order valence-corrected chi connectivity index (χ1v) is 6.22. The van der Waals surface area contributed by atoms with Gasteiger partial charge in [-0.05, 0) is 23.8 Å². The van der Waals surface area contributed by atoms with Crippen LogP contribution in [-0.2, 0) is 6.61 Å². The van der Waals surface area contributed by atoms with Gasteiger partial charge in [-0.25, -0.2) is 0 Å². The van der Waals surface area contributed by atoms with E-state index < -0.39 is 0 Å².